The van der Waals surface area contributed by atoms with Gasteiger partial charge in [-0.15, -0.1) is 0 Å². The normalized spacial score (nSPS) is 21.3. The summed E-state index contributed by atoms with van der Waals surface area (Å²) in [5.41, 5.74) is 4.61. The van der Waals surface area contributed by atoms with Gasteiger partial charge in [-0.25, -0.2) is 9.59 Å². The van der Waals surface area contributed by atoms with Crippen LogP contribution in [0.2, 0.25) is 0 Å². The van der Waals surface area contributed by atoms with Crippen LogP contribution in [0.4, 0.5) is 4.79 Å². The van der Waals surface area contributed by atoms with Crippen LogP contribution in [0.25, 0.3) is 0 Å². The Morgan fingerprint density at radius 2 is 2.00 bits per heavy atom. The molecule has 1 unspecified atom stereocenters. The average Bonchev–Trinajstić information content (AvgIpc) is 3.05. The fourth-order valence-electron chi connectivity index (χ4n) is 2.94. The van der Waals surface area contributed by atoms with E-state index in [9.17, 15) is 19.5 Å². The largest absolute Gasteiger partial charge is 0.479 e. The Morgan fingerprint density at radius 3 is 2.58 bits per heavy atom. The Morgan fingerprint density at radius 1 is 1.33 bits per heavy atom. The van der Waals surface area contributed by atoms with Crippen molar-refractivity contribution in [3.8, 4) is 0 Å². The number of ether oxygens (including phenoxy) is 1. The molecule has 0 radical (unpaired) electrons. The minimum atomic E-state index is -1.93. The molecule has 24 heavy (non-hydrogen) atoms. The topological polar surface area (TPSA) is 110 Å². The molecule has 1 amide bonds. The molecule has 1 aromatic rings. The molecule has 0 aliphatic carbocycles. The van der Waals surface area contributed by atoms with Crippen molar-refractivity contribution >= 4 is 17.8 Å². The Hall–Kier alpha value is -2.41. The van der Waals surface area contributed by atoms with Crippen molar-refractivity contribution in [3.63, 3.8) is 0 Å². The first-order chi connectivity index (χ1) is 11.4. The third-order valence-corrected chi connectivity index (χ3v) is 4.34. The number of amides is 1. The van der Waals surface area contributed by atoms with Gasteiger partial charge in [0.2, 0.25) is 5.54 Å². The lowest BCUT2D eigenvalue weighted by Crippen LogP contribution is -2.62. The molecule has 1 aliphatic rings. The second kappa shape index (κ2) is 7.44. The zero-order valence-electron chi connectivity index (χ0n) is 13.6. The smallest absolute Gasteiger partial charge is 0.411 e. The van der Waals surface area contributed by atoms with Gasteiger partial charge in [-0.3, -0.25) is 9.69 Å². The van der Waals surface area contributed by atoms with Gasteiger partial charge in [0.05, 0.1) is 6.04 Å². The monoisotopic (exact) mass is 334 g/mol. The van der Waals surface area contributed by atoms with Crippen LogP contribution >= 0.6 is 0 Å². The molecule has 0 saturated carbocycles. The van der Waals surface area contributed by atoms with Crippen molar-refractivity contribution in [2.45, 2.75) is 44.4 Å². The minimum Gasteiger partial charge on any atom is -0.479 e. The van der Waals surface area contributed by atoms with Crippen molar-refractivity contribution < 1.29 is 24.2 Å². The first-order valence-corrected chi connectivity index (χ1v) is 7.95. The maximum absolute atomic E-state index is 12.6. The summed E-state index contributed by atoms with van der Waals surface area (Å²) in [7, 11) is 0. The predicted octanol–water partition coefficient (Wildman–Crippen LogP) is 1.55. The van der Waals surface area contributed by atoms with Crippen LogP contribution in [0.3, 0.4) is 0 Å². The van der Waals surface area contributed by atoms with Gasteiger partial charge in [0.15, 0.2) is 5.78 Å². The van der Waals surface area contributed by atoms with E-state index in [1.807, 2.05) is 18.2 Å². The molecule has 130 valence electrons. The van der Waals surface area contributed by atoms with E-state index < -0.39 is 29.4 Å². The number of ketones is 1. The molecule has 1 aromatic carbocycles. The van der Waals surface area contributed by atoms with Crippen LogP contribution < -0.4 is 5.73 Å². The second-order valence-electron chi connectivity index (χ2n) is 5.84. The van der Waals surface area contributed by atoms with Crippen molar-refractivity contribution in [1.29, 1.82) is 0 Å². The molecule has 2 atom stereocenters. The molecule has 3 N–H and O–H groups in total. The number of carboxylic acids is 1. The molecule has 0 bridgehead atoms. The number of benzene rings is 1. The van der Waals surface area contributed by atoms with Crippen LogP contribution in [0.1, 0.15) is 31.7 Å². The number of aliphatic carboxylic acids is 1. The van der Waals surface area contributed by atoms with E-state index in [1.54, 1.807) is 19.1 Å². The van der Waals surface area contributed by atoms with Crippen molar-refractivity contribution in [2.75, 3.05) is 6.54 Å². The van der Waals surface area contributed by atoms with Gasteiger partial charge in [0.25, 0.3) is 0 Å². The standard InChI is InChI=1S/C17H22N2O5/c1-2-13(18)14(20)17(15(21)22)9-6-10-19(17)16(23)24-11-12-7-4-3-5-8-12/h3-5,7-8,13H,2,6,9-11,18H2,1H3,(H,21,22)/t13?,17-/m0/s1. The molecule has 2 rings (SSSR count). The number of carbonyl (C=O) groups is 3. The maximum atomic E-state index is 12.6. The number of carbonyl (C=O) groups excluding carboxylic acids is 2. The zero-order valence-corrected chi connectivity index (χ0v) is 13.6. The lowest BCUT2D eigenvalue weighted by atomic mass is 9.86. The van der Waals surface area contributed by atoms with Crippen molar-refractivity contribution in [3.05, 3.63) is 35.9 Å². The Balaban J connectivity index is 2.18. The lowest BCUT2D eigenvalue weighted by molar-refractivity contribution is -0.155. The van der Waals surface area contributed by atoms with Gasteiger partial charge in [0.1, 0.15) is 6.61 Å². The fraction of sp³-hybridized carbons (Fsp3) is 0.471. The first-order valence-electron chi connectivity index (χ1n) is 7.95. The third-order valence-electron chi connectivity index (χ3n) is 4.34. The highest BCUT2D eigenvalue weighted by Gasteiger charge is 2.57. The van der Waals surface area contributed by atoms with Gasteiger partial charge < -0.3 is 15.6 Å². The SMILES string of the molecule is CCC(N)C(=O)[C@]1(C(=O)O)CCCN1C(=O)OCc1ccccc1. The first kappa shape index (κ1) is 17.9. The summed E-state index contributed by atoms with van der Waals surface area (Å²) in [6.07, 6.45) is -0.0410. The van der Waals surface area contributed by atoms with Gasteiger partial charge in [0, 0.05) is 6.54 Å². The van der Waals surface area contributed by atoms with E-state index in [-0.39, 0.29) is 19.6 Å². The number of carboxylic acid groups (broad SMARTS) is 1. The summed E-state index contributed by atoms with van der Waals surface area (Å²) in [5.74, 6) is -2.00. The summed E-state index contributed by atoms with van der Waals surface area (Å²) in [6.45, 7) is 1.87. The number of hydrogen-bond donors (Lipinski definition) is 2. The molecule has 7 heteroatoms. The second-order valence-corrected chi connectivity index (χ2v) is 5.84. The highest BCUT2D eigenvalue weighted by atomic mass is 16.6. The Labute approximate surface area is 140 Å². The number of rotatable bonds is 6. The quantitative estimate of drug-likeness (QED) is 0.764. The number of nitrogens with two attached hydrogens (primary N) is 1. The highest BCUT2D eigenvalue weighted by Crippen LogP contribution is 2.33. The zero-order chi connectivity index (χ0) is 17.7. The number of hydrogen-bond acceptors (Lipinski definition) is 5. The molecular formula is C17H22N2O5. The summed E-state index contributed by atoms with van der Waals surface area (Å²) in [4.78, 5) is 37.8. The molecular weight excluding hydrogens is 312 g/mol. The van der Waals surface area contributed by atoms with E-state index >= 15 is 0 Å². The average molecular weight is 334 g/mol. The highest BCUT2D eigenvalue weighted by molar-refractivity contribution is 6.12. The molecule has 1 saturated heterocycles. The van der Waals surface area contributed by atoms with Gasteiger partial charge >= 0.3 is 12.1 Å². The molecule has 7 nitrogen and oxygen atoms in total. The van der Waals surface area contributed by atoms with Gasteiger partial charge in [-0.05, 0) is 24.8 Å². The van der Waals surface area contributed by atoms with Gasteiger partial charge in [-0.1, -0.05) is 37.3 Å². The predicted molar refractivity (Wildman–Crippen MR) is 86.2 cm³/mol. The van der Waals surface area contributed by atoms with Crippen LogP contribution in [-0.4, -0.2) is 46.0 Å². The fourth-order valence-corrected chi connectivity index (χ4v) is 2.94. The molecule has 1 aliphatic heterocycles. The Kier molecular flexibility index (Phi) is 5.56. The lowest BCUT2D eigenvalue weighted by Gasteiger charge is -2.34. The molecule has 1 heterocycles. The van der Waals surface area contributed by atoms with Crippen molar-refractivity contribution in [2.24, 2.45) is 5.73 Å². The van der Waals surface area contributed by atoms with E-state index in [4.69, 9.17) is 10.5 Å². The van der Waals surface area contributed by atoms with Crippen LogP contribution in [-0.2, 0) is 20.9 Å². The molecule has 1 fully saturated rings. The number of Topliss-reactive ketones (excluding diaryl/α,β-unsaturated/α-hetero) is 1. The maximum Gasteiger partial charge on any atom is 0.411 e. The summed E-state index contributed by atoms with van der Waals surface area (Å²) >= 11 is 0. The van der Waals surface area contributed by atoms with Crippen LogP contribution in [0, 0.1) is 0 Å². The number of likely N-dealkylation sites (tertiary alicyclic amines) is 1. The van der Waals surface area contributed by atoms with Crippen LogP contribution in [0.15, 0.2) is 30.3 Å². The number of nitrogens with zero attached hydrogens (tertiary/aromatic N) is 1. The molecule has 0 aromatic heterocycles. The van der Waals surface area contributed by atoms with Crippen LogP contribution in [0.5, 0.6) is 0 Å². The van der Waals surface area contributed by atoms with Gasteiger partial charge in [-0.2, -0.15) is 0 Å². The molecule has 0 spiro atoms. The Bertz CT molecular complexity index is 619. The summed E-state index contributed by atoms with van der Waals surface area (Å²) in [6, 6.07) is 8.11. The third kappa shape index (κ3) is 3.26. The minimum absolute atomic E-state index is 0.0138. The van der Waals surface area contributed by atoms with E-state index in [1.165, 1.54) is 0 Å². The summed E-state index contributed by atoms with van der Waals surface area (Å²) < 4.78 is 5.21. The van der Waals surface area contributed by atoms with E-state index in [2.05, 4.69) is 0 Å². The van der Waals surface area contributed by atoms with E-state index in [0.29, 0.717) is 12.8 Å². The van der Waals surface area contributed by atoms with Crippen molar-refractivity contribution in [1.82, 2.24) is 4.90 Å². The summed E-state index contributed by atoms with van der Waals surface area (Å²) in [5, 5.41) is 9.66. The van der Waals surface area contributed by atoms with E-state index in [0.717, 1.165) is 10.5 Å².